The quantitative estimate of drug-likeness (QED) is 0.668. The maximum Gasteiger partial charge on any atom is 0.227 e. The summed E-state index contributed by atoms with van der Waals surface area (Å²) in [5.41, 5.74) is 0.332. The van der Waals surface area contributed by atoms with Crippen LogP contribution in [0.25, 0.3) is 0 Å². The monoisotopic (exact) mass is 271 g/mol. The van der Waals surface area contributed by atoms with Gasteiger partial charge in [-0.3, -0.25) is 0 Å². The maximum absolute atomic E-state index is 12.9. The van der Waals surface area contributed by atoms with Crippen molar-refractivity contribution in [1.82, 2.24) is 15.5 Å². The first-order valence-corrected chi connectivity index (χ1v) is 5.69. The lowest BCUT2D eigenvalue weighted by Gasteiger charge is -2.04. The molecule has 2 aromatic rings. The van der Waals surface area contributed by atoms with Crippen LogP contribution >= 0.6 is 0 Å². The minimum Gasteiger partial charge on any atom is -0.339 e. The highest BCUT2D eigenvalue weighted by Crippen LogP contribution is 2.13. The summed E-state index contributed by atoms with van der Waals surface area (Å²) < 4.78 is 43.5. The van der Waals surface area contributed by atoms with Crippen LogP contribution in [0.3, 0.4) is 0 Å². The van der Waals surface area contributed by atoms with E-state index in [1.807, 2.05) is 0 Å². The summed E-state index contributed by atoms with van der Waals surface area (Å²) in [5.74, 6) is -2.79. The van der Waals surface area contributed by atoms with E-state index in [9.17, 15) is 13.2 Å². The van der Waals surface area contributed by atoms with Crippen LogP contribution in [0.2, 0.25) is 0 Å². The molecule has 0 aliphatic rings. The first-order chi connectivity index (χ1) is 9.06. The molecule has 0 amide bonds. The summed E-state index contributed by atoms with van der Waals surface area (Å²) in [7, 11) is 0. The normalized spacial score (nSPS) is 10.9. The van der Waals surface area contributed by atoms with Gasteiger partial charge >= 0.3 is 0 Å². The first kappa shape index (κ1) is 13.5. The van der Waals surface area contributed by atoms with Crippen molar-refractivity contribution in [2.45, 2.75) is 19.9 Å². The zero-order valence-electron chi connectivity index (χ0n) is 10.2. The second kappa shape index (κ2) is 5.83. The number of aryl methyl sites for hydroxylation is 1. The van der Waals surface area contributed by atoms with Gasteiger partial charge in [-0.05, 0) is 24.6 Å². The average molecular weight is 271 g/mol. The molecule has 2 rings (SSSR count). The Bertz CT molecular complexity index is 548. The third kappa shape index (κ3) is 3.54. The number of aromatic nitrogens is 2. The lowest BCUT2D eigenvalue weighted by atomic mass is 10.2. The van der Waals surface area contributed by atoms with Crippen molar-refractivity contribution in [2.75, 3.05) is 6.54 Å². The van der Waals surface area contributed by atoms with Gasteiger partial charge in [-0.2, -0.15) is 4.98 Å². The molecule has 19 heavy (non-hydrogen) atoms. The number of hydrogen-bond acceptors (Lipinski definition) is 4. The number of benzene rings is 1. The van der Waals surface area contributed by atoms with Crippen molar-refractivity contribution in [2.24, 2.45) is 0 Å². The van der Waals surface area contributed by atoms with E-state index in [-0.39, 0.29) is 6.54 Å². The lowest BCUT2D eigenvalue weighted by molar-refractivity contribution is 0.372. The zero-order chi connectivity index (χ0) is 13.8. The number of nitrogens with zero attached hydrogens (tertiary/aromatic N) is 2. The Morgan fingerprint density at radius 2 is 1.89 bits per heavy atom. The van der Waals surface area contributed by atoms with Crippen molar-refractivity contribution >= 4 is 0 Å². The van der Waals surface area contributed by atoms with E-state index < -0.39 is 17.5 Å². The number of rotatable bonds is 5. The van der Waals surface area contributed by atoms with Crippen LogP contribution in [0.15, 0.2) is 16.7 Å². The van der Waals surface area contributed by atoms with Crippen molar-refractivity contribution in [3.63, 3.8) is 0 Å². The Kier molecular flexibility index (Phi) is 4.16. The summed E-state index contributed by atoms with van der Waals surface area (Å²) in [4.78, 5) is 4.01. The molecule has 1 heterocycles. The predicted octanol–water partition coefficient (Wildman–Crippen LogP) is 2.13. The van der Waals surface area contributed by atoms with Gasteiger partial charge in [0.2, 0.25) is 5.89 Å². The molecule has 1 aromatic carbocycles. The summed E-state index contributed by atoms with van der Waals surface area (Å²) >= 11 is 0. The van der Waals surface area contributed by atoms with Crippen molar-refractivity contribution in [1.29, 1.82) is 0 Å². The Hall–Kier alpha value is -1.89. The molecule has 0 saturated carbocycles. The van der Waals surface area contributed by atoms with Crippen molar-refractivity contribution in [3.8, 4) is 0 Å². The smallest absolute Gasteiger partial charge is 0.227 e. The molecule has 0 atom stereocenters. The van der Waals surface area contributed by atoms with Crippen LogP contribution in [0.4, 0.5) is 13.2 Å². The van der Waals surface area contributed by atoms with Gasteiger partial charge in [0.15, 0.2) is 23.3 Å². The lowest BCUT2D eigenvalue weighted by Crippen LogP contribution is -2.17. The highest BCUT2D eigenvalue weighted by Gasteiger charge is 2.10. The van der Waals surface area contributed by atoms with Gasteiger partial charge in [-0.25, -0.2) is 13.2 Å². The minimum absolute atomic E-state index is 0.223. The Morgan fingerprint density at radius 1 is 1.21 bits per heavy atom. The second-order valence-corrected chi connectivity index (χ2v) is 4.04. The molecule has 0 radical (unpaired) electrons. The standard InChI is InChI=1S/C12H12F3N3O/c1-7-17-11(19-18-7)2-3-16-6-8-4-9(13)12(15)10(14)5-8/h4-5,16H,2-3,6H2,1H3. The Morgan fingerprint density at radius 3 is 2.47 bits per heavy atom. The van der Waals surface area contributed by atoms with Gasteiger partial charge in [-0.15, -0.1) is 0 Å². The molecule has 0 aliphatic carbocycles. The third-order valence-electron chi connectivity index (χ3n) is 2.46. The summed E-state index contributed by atoms with van der Waals surface area (Å²) in [6.07, 6.45) is 0.507. The van der Waals surface area contributed by atoms with E-state index in [0.717, 1.165) is 12.1 Å². The van der Waals surface area contributed by atoms with Gasteiger partial charge in [-0.1, -0.05) is 5.16 Å². The molecule has 4 nitrogen and oxygen atoms in total. The van der Waals surface area contributed by atoms with E-state index in [1.54, 1.807) is 6.92 Å². The van der Waals surface area contributed by atoms with Crippen LogP contribution in [-0.2, 0) is 13.0 Å². The number of nitrogens with one attached hydrogen (secondary N) is 1. The zero-order valence-corrected chi connectivity index (χ0v) is 10.2. The van der Waals surface area contributed by atoms with Gasteiger partial charge in [0, 0.05) is 19.5 Å². The van der Waals surface area contributed by atoms with E-state index in [2.05, 4.69) is 15.5 Å². The summed E-state index contributed by atoms with van der Waals surface area (Å²) in [6.45, 7) is 2.44. The fourth-order valence-electron chi connectivity index (χ4n) is 1.58. The van der Waals surface area contributed by atoms with Crippen LogP contribution < -0.4 is 5.32 Å². The fourth-order valence-corrected chi connectivity index (χ4v) is 1.58. The van der Waals surface area contributed by atoms with Gasteiger partial charge in [0.1, 0.15) is 0 Å². The summed E-state index contributed by atoms with van der Waals surface area (Å²) in [6, 6.07) is 1.92. The molecule has 0 bridgehead atoms. The maximum atomic E-state index is 12.9. The predicted molar refractivity (Wildman–Crippen MR) is 60.8 cm³/mol. The number of halogens is 3. The molecular formula is C12H12F3N3O. The molecule has 0 aliphatic heterocycles. The van der Waals surface area contributed by atoms with Crippen LogP contribution in [-0.4, -0.2) is 16.7 Å². The molecule has 0 unspecified atom stereocenters. The minimum atomic E-state index is -1.45. The first-order valence-electron chi connectivity index (χ1n) is 5.69. The van der Waals surface area contributed by atoms with Crippen LogP contribution in [0.1, 0.15) is 17.3 Å². The molecule has 102 valence electrons. The Labute approximate surface area is 107 Å². The van der Waals surface area contributed by atoms with E-state index in [0.29, 0.717) is 30.2 Å². The molecule has 1 aromatic heterocycles. The molecule has 7 heteroatoms. The number of hydrogen-bond donors (Lipinski definition) is 1. The Balaban J connectivity index is 1.83. The van der Waals surface area contributed by atoms with Crippen molar-refractivity contribution in [3.05, 3.63) is 46.9 Å². The summed E-state index contributed by atoms with van der Waals surface area (Å²) in [5, 5.41) is 6.58. The van der Waals surface area contributed by atoms with Crippen LogP contribution in [0, 0.1) is 24.4 Å². The topological polar surface area (TPSA) is 51.0 Å². The molecular weight excluding hydrogens is 259 g/mol. The second-order valence-electron chi connectivity index (χ2n) is 4.04. The average Bonchev–Trinajstić information content (AvgIpc) is 2.77. The van der Waals surface area contributed by atoms with Crippen LogP contribution in [0.5, 0.6) is 0 Å². The van der Waals surface area contributed by atoms with Gasteiger partial charge < -0.3 is 9.84 Å². The van der Waals surface area contributed by atoms with Crippen molar-refractivity contribution < 1.29 is 17.7 Å². The van der Waals surface area contributed by atoms with E-state index in [4.69, 9.17) is 4.52 Å². The largest absolute Gasteiger partial charge is 0.339 e. The molecule has 0 spiro atoms. The van der Waals surface area contributed by atoms with E-state index in [1.165, 1.54) is 0 Å². The highest BCUT2D eigenvalue weighted by molar-refractivity contribution is 5.19. The molecule has 0 saturated heterocycles. The fraction of sp³-hybridized carbons (Fsp3) is 0.333. The van der Waals surface area contributed by atoms with E-state index >= 15 is 0 Å². The molecule has 0 fully saturated rings. The SMILES string of the molecule is Cc1noc(CCNCc2cc(F)c(F)c(F)c2)n1. The third-order valence-corrected chi connectivity index (χ3v) is 2.46. The van der Waals surface area contributed by atoms with Gasteiger partial charge in [0.05, 0.1) is 0 Å². The molecule has 1 N–H and O–H groups in total. The highest BCUT2D eigenvalue weighted by atomic mass is 19.2. The van der Waals surface area contributed by atoms with Gasteiger partial charge in [0.25, 0.3) is 0 Å².